The fourth-order valence-corrected chi connectivity index (χ4v) is 4.97. The van der Waals surface area contributed by atoms with E-state index in [2.05, 4.69) is 21.2 Å². The van der Waals surface area contributed by atoms with Gasteiger partial charge in [-0.25, -0.2) is 19.6 Å². The van der Waals surface area contributed by atoms with Crippen molar-refractivity contribution in [2.45, 2.75) is 58.0 Å². The number of hydrogen-bond donors (Lipinski definition) is 3. The third kappa shape index (κ3) is 7.72. The smallest absolute Gasteiger partial charge is 0.417 e. The summed E-state index contributed by atoms with van der Waals surface area (Å²) in [5, 5.41) is 12.3. The molecule has 0 unspecified atom stereocenters. The number of hydrogen-bond acceptors (Lipinski definition) is 9. The van der Waals surface area contributed by atoms with E-state index in [0.29, 0.717) is 13.1 Å². The number of likely N-dealkylation sites (tertiary alicyclic amines) is 1. The molecule has 1 aromatic heterocycles. The van der Waals surface area contributed by atoms with Crippen molar-refractivity contribution in [3.05, 3.63) is 46.9 Å². The molecule has 3 amide bonds. The number of nitriles is 1. The predicted molar refractivity (Wildman–Crippen MR) is 156 cm³/mol. The molecule has 3 N–H and O–H groups in total. The Morgan fingerprint density at radius 1 is 1.20 bits per heavy atom. The molecule has 2 aromatic rings. The Bertz CT molecular complexity index is 1520. The van der Waals surface area contributed by atoms with Crippen LogP contribution in [-0.2, 0) is 20.5 Å². The van der Waals surface area contributed by atoms with Crippen molar-refractivity contribution in [1.29, 1.82) is 5.26 Å². The third-order valence-electron chi connectivity index (χ3n) is 7.12. The van der Waals surface area contributed by atoms with Crippen LogP contribution < -0.4 is 26.0 Å². The Kier molecular flexibility index (Phi) is 9.43. The number of nitrogens with zero attached hydrogens (tertiary/aromatic N) is 5. The summed E-state index contributed by atoms with van der Waals surface area (Å²) >= 11 is 0. The minimum atomic E-state index is -4.83. The van der Waals surface area contributed by atoms with Gasteiger partial charge in [0.05, 0.1) is 29.5 Å². The highest BCUT2D eigenvalue weighted by Gasteiger charge is 2.38. The van der Waals surface area contributed by atoms with Gasteiger partial charge in [-0.1, -0.05) is 6.07 Å². The standard InChI is InChI=1S/C29H34F4N8O4/c1-16-11-19(29(31,32)33)18(12-34)25(35-16)36-21-9-10-40(24-20(30)7-6-8-22(24)39(5)26(21)43)15-23(42)38-37-17-13-41(14-17)27(44)45-28(2,3)4/h6-8,11,17,21,37H,9-10,13-15H2,1-5H3,(H,35,36)(H,38,42)/t21-/m0/s1. The molecule has 1 saturated heterocycles. The number of amides is 3. The van der Waals surface area contributed by atoms with E-state index >= 15 is 4.39 Å². The van der Waals surface area contributed by atoms with Crippen molar-refractivity contribution < 1.29 is 36.7 Å². The van der Waals surface area contributed by atoms with Crippen molar-refractivity contribution in [3.63, 3.8) is 0 Å². The molecule has 0 spiro atoms. The van der Waals surface area contributed by atoms with Gasteiger partial charge in [0.15, 0.2) is 0 Å². The summed E-state index contributed by atoms with van der Waals surface area (Å²) < 4.78 is 61.5. The van der Waals surface area contributed by atoms with Crippen molar-refractivity contribution in [1.82, 2.24) is 20.7 Å². The van der Waals surface area contributed by atoms with E-state index in [0.717, 1.165) is 11.0 Å². The van der Waals surface area contributed by atoms with Gasteiger partial charge >= 0.3 is 12.3 Å². The number of aromatic nitrogens is 1. The van der Waals surface area contributed by atoms with Gasteiger partial charge in [-0.15, -0.1) is 0 Å². The molecule has 1 aromatic carbocycles. The number of carbonyl (C=O) groups excluding carboxylic acids is 3. The molecule has 1 fully saturated rings. The normalized spacial score (nSPS) is 17.5. The molecular formula is C29H34F4N8O4. The van der Waals surface area contributed by atoms with Gasteiger partial charge in [0.25, 0.3) is 5.91 Å². The Morgan fingerprint density at radius 3 is 2.51 bits per heavy atom. The molecule has 2 aliphatic rings. The van der Waals surface area contributed by atoms with Crippen LogP contribution in [0, 0.1) is 24.1 Å². The molecule has 4 rings (SSSR count). The van der Waals surface area contributed by atoms with Crippen LogP contribution in [0.5, 0.6) is 0 Å². The molecule has 242 valence electrons. The monoisotopic (exact) mass is 634 g/mol. The largest absolute Gasteiger partial charge is 0.444 e. The summed E-state index contributed by atoms with van der Waals surface area (Å²) in [6, 6.07) is 4.92. The number of rotatable bonds is 6. The molecular weight excluding hydrogens is 600 g/mol. The van der Waals surface area contributed by atoms with E-state index in [9.17, 15) is 32.8 Å². The molecule has 12 nitrogen and oxygen atoms in total. The van der Waals surface area contributed by atoms with E-state index in [1.54, 1.807) is 20.8 Å². The first kappa shape index (κ1) is 33.2. The van der Waals surface area contributed by atoms with E-state index in [1.807, 2.05) is 0 Å². The first-order valence-electron chi connectivity index (χ1n) is 14.1. The van der Waals surface area contributed by atoms with E-state index in [1.165, 1.54) is 48.0 Å². The molecule has 2 aliphatic heterocycles. The SMILES string of the molecule is Cc1cc(C(F)(F)F)c(C#N)c(N[C@H]2CCN(CC(=O)NNC3CN(C(=O)OC(C)(C)C)C3)c3c(F)cccc3N(C)C2=O)n1. The fourth-order valence-electron chi connectivity index (χ4n) is 4.97. The van der Waals surface area contributed by atoms with Crippen LogP contribution in [0.3, 0.4) is 0 Å². The summed E-state index contributed by atoms with van der Waals surface area (Å²) in [6.45, 7) is 6.78. The highest BCUT2D eigenvalue weighted by molar-refractivity contribution is 6.02. The Hall–Kier alpha value is -4.65. The number of anilines is 3. The average molecular weight is 635 g/mol. The van der Waals surface area contributed by atoms with Crippen LogP contribution in [0.1, 0.15) is 44.0 Å². The zero-order chi connectivity index (χ0) is 33.3. The molecule has 3 heterocycles. The van der Waals surface area contributed by atoms with Crippen molar-refractivity contribution in [2.75, 3.05) is 48.3 Å². The lowest BCUT2D eigenvalue weighted by molar-refractivity contribution is -0.137. The first-order valence-corrected chi connectivity index (χ1v) is 14.1. The van der Waals surface area contributed by atoms with Crippen LogP contribution in [0.2, 0.25) is 0 Å². The second-order valence-electron chi connectivity index (χ2n) is 11.8. The second kappa shape index (κ2) is 12.8. The first-order chi connectivity index (χ1) is 21.0. The van der Waals surface area contributed by atoms with Crippen molar-refractivity contribution in [3.8, 4) is 6.07 Å². The number of benzene rings is 1. The number of carbonyl (C=O) groups is 3. The Labute approximate surface area is 257 Å². The summed E-state index contributed by atoms with van der Waals surface area (Å²) in [6.07, 6.45) is -5.38. The lowest BCUT2D eigenvalue weighted by Crippen LogP contribution is -2.64. The number of para-hydroxylation sites is 1. The summed E-state index contributed by atoms with van der Waals surface area (Å²) in [7, 11) is 1.38. The molecule has 1 atom stereocenters. The van der Waals surface area contributed by atoms with Crippen LogP contribution >= 0.6 is 0 Å². The Morgan fingerprint density at radius 2 is 1.89 bits per heavy atom. The average Bonchev–Trinajstić information content (AvgIpc) is 2.90. The van der Waals surface area contributed by atoms with E-state index < -0.39 is 58.5 Å². The van der Waals surface area contributed by atoms with Gasteiger partial charge in [0, 0.05) is 32.4 Å². The molecule has 0 aliphatic carbocycles. The summed E-state index contributed by atoms with van der Waals surface area (Å²) in [4.78, 5) is 46.7. The van der Waals surface area contributed by atoms with Crippen LogP contribution in [0.25, 0.3) is 0 Å². The van der Waals surface area contributed by atoms with Crippen LogP contribution in [-0.4, -0.2) is 78.7 Å². The molecule has 16 heteroatoms. The number of hydrazine groups is 1. The third-order valence-corrected chi connectivity index (χ3v) is 7.12. The molecule has 45 heavy (non-hydrogen) atoms. The van der Waals surface area contributed by atoms with Gasteiger partial charge in [-0.3, -0.25) is 15.0 Å². The van der Waals surface area contributed by atoms with E-state index in [4.69, 9.17) is 4.74 Å². The zero-order valence-electron chi connectivity index (χ0n) is 25.4. The van der Waals surface area contributed by atoms with Crippen LogP contribution in [0.4, 0.5) is 39.5 Å². The minimum Gasteiger partial charge on any atom is -0.444 e. The molecule has 0 radical (unpaired) electrons. The number of aryl methyl sites for hydroxylation is 1. The highest BCUT2D eigenvalue weighted by Crippen LogP contribution is 2.37. The van der Waals surface area contributed by atoms with Crippen LogP contribution in [0.15, 0.2) is 24.3 Å². The molecule has 0 saturated carbocycles. The van der Waals surface area contributed by atoms with E-state index in [-0.39, 0.29) is 42.6 Å². The van der Waals surface area contributed by atoms with Crippen molar-refractivity contribution in [2.24, 2.45) is 0 Å². The number of alkyl halides is 3. The maximum atomic E-state index is 15.2. The topological polar surface area (TPSA) is 143 Å². The summed E-state index contributed by atoms with van der Waals surface area (Å²) in [5.41, 5.74) is 2.91. The quantitative estimate of drug-likeness (QED) is 0.322. The minimum absolute atomic E-state index is 0.00699. The van der Waals surface area contributed by atoms with Gasteiger partial charge in [-0.05, 0) is 52.3 Å². The second-order valence-corrected chi connectivity index (χ2v) is 11.8. The number of ether oxygens (including phenoxy) is 1. The summed E-state index contributed by atoms with van der Waals surface area (Å²) in [5.74, 6) is -2.24. The number of likely N-dealkylation sites (N-methyl/N-ethyl adjacent to an activating group) is 1. The Balaban J connectivity index is 1.50. The molecule has 0 bridgehead atoms. The maximum Gasteiger partial charge on any atom is 0.417 e. The lowest BCUT2D eigenvalue weighted by Gasteiger charge is -2.40. The van der Waals surface area contributed by atoms with Gasteiger partial charge in [0.1, 0.15) is 34.9 Å². The number of pyridine rings is 1. The fraction of sp³-hybridized carbons (Fsp3) is 0.483. The number of halogens is 4. The lowest BCUT2D eigenvalue weighted by atomic mass is 10.0. The zero-order valence-corrected chi connectivity index (χ0v) is 25.4. The maximum absolute atomic E-state index is 15.2. The number of fused-ring (bicyclic) bond motifs is 1. The predicted octanol–water partition coefficient (Wildman–Crippen LogP) is 3.31. The van der Waals surface area contributed by atoms with Gasteiger partial charge in [0.2, 0.25) is 5.91 Å². The number of nitrogens with one attached hydrogen (secondary N) is 3. The van der Waals surface area contributed by atoms with Gasteiger partial charge < -0.3 is 24.8 Å². The van der Waals surface area contributed by atoms with Crippen molar-refractivity contribution >= 4 is 35.1 Å². The highest BCUT2D eigenvalue weighted by atomic mass is 19.4. The van der Waals surface area contributed by atoms with Gasteiger partial charge in [-0.2, -0.15) is 18.4 Å².